The van der Waals surface area contributed by atoms with Crippen molar-refractivity contribution in [2.75, 3.05) is 6.54 Å². The number of aliphatic hydroxyl groups excluding tert-OH is 1. The molecule has 110 valence electrons. The fourth-order valence-electron chi connectivity index (χ4n) is 3.46. The maximum Gasteiger partial charge on any atom is 0.243 e. The van der Waals surface area contributed by atoms with E-state index in [1.54, 1.807) is 0 Å². The number of aliphatic hydroxyl groups is 1. The first kappa shape index (κ1) is 13.0. The highest BCUT2D eigenvalue weighted by atomic mass is 16.5. The lowest BCUT2D eigenvalue weighted by Gasteiger charge is -2.22. The highest BCUT2D eigenvalue weighted by Gasteiger charge is 2.31. The Kier molecular flexibility index (Phi) is 3.24. The fourth-order valence-corrected chi connectivity index (χ4v) is 3.46. The van der Waals surface area contributed by atoms with Crippen molar-refractivity contribution in [3.8, 4) is 0 Å². The first-order chi connectivity index (χ1) is 10.3. The van der Waals surface area contributed by atoms with Gasteiger partial charge in [-0.1, -0.05) is 29.4 Å². The van der Waals surface area contributed by atoms with Crippen LogP contribution in [0.3, 0.4) is 0 Å². The third-order valence-electron chi connectivity index (χ3n) is 4.54. The molecule has 1 unspecified atom stereocenters. The minimum absolute atomic E-state index is 0.0138. The van der Waals surface area contributed by atoms with Crippen LogP contribution in [-0.2, 0) is 6.42 Å². The number of aryl methyl sites for hydroxylation is 1. The normalized spacial score (nSPS) is 28.5. The van der Waals surface area contributed by atoms with Crippen LogP contribution in [0, 0.1) is 0 Å². The Morgan fingerprint density at radius 1 is 1.29 bits per heavy atom. The van der Waals surface area contributed by atoms with Crippen molar-refractivity contribution < 1.29 is 9.63 Å². The Labute approximate surface area is 123 Å². The molecule has 1 saturated heterocycles. The van der Waals surface area contributed by atoms with Crippen LogP contribution < -0.4 is 5.32 Å². The van der Waals surface area contributed by atoms with Gasteiger partial charge in [-0.2, -0.15) is 4.98 Å². The van der Waals surface area contributed by atoms with Gasteiger partial charge >= 0.3 is 0 Å². The Balaban J connectivity index is 1.62. The standard InChI is InChI=1S/C16H19N3O2/c20-11-8-14(17-9-11)16-18-15(19-21-16)13-7-3-5-10-4-1-2-6-12(10)13/h1-2,4,6,11,13-14,17,20H,3,5,7-9H2/t11-,13?,14+/m1/s1. The molecule has 2 N–H and O–H groups in total. The molecule has 1 aromatic heterocycles. The van der Waals surface area contributed by atoms with E-state index in [0.717, 1.165) is 25.1 Å². The number of fused-ring (bicyclic) bond motifs is 1. The molecule has 5 nitrogen and oxygen atoms in total. The van der Waals surface area contributed by atoms with Crippen LogP contribution in [-0.4, -0.2) is 27.9 Å². The second-order valence-electron chi connectivity index (χ2n) is 5.98. The summed E-state index contributed by atoms with van der Waals surface area (Å²) in [5, 5.41) is 17.0. The summed E-state index contributed by atoms with van der Waals surface area (Å²) in [6.07, 6.45) is 3.68. The van der Waals surface area contributed by atoms with Crippen molar-refractivity contribution in [2.45, 2.75) is 43.7 Å². The third-order valence-corrected chi connectivity index (χ3v) is 4.54. The summed E-state index contributed by atoms with van der Waals surface area (Å²) in [7, 11) is 0. The van der Waals surface area contributed by atoms with E-state index < -0.39 is 0 Å². The summed E-state index contributed by atoms with van der Waals surface area (Å²) in [6.45, 7) is 0.592. The minimum atomic E-state index is -0.319. The number of nitrogens with zero attached hydrogens (tertiary/aromatic N) is 2. The molecule has 0 bridgehead atoms. The number of aromatic nitrogens is 2. The molecule has 1 fully saturated rings. The van der Waals surface area contributed by atoms with Crippen molar-refractivity contribution >= 4 is 0 Å². The average molecular weight is 285 g/mol. The van der Waals surface area contributed by atoms with Gasteiger partial charge in [-0.05, 0) is 36.8 Å². The Morgan fingerprint density at radius 2 is 2.19 bits per heavy atom. The van der Waals surface area contributed by atoms with Crippen molar-refractivity contribution in [1.82, 2.24) is 15.5 Å². The minimum Gasteiger partial charge on any atom is -0.392 e. The molecule has 1 aromatic carbocycles. The summed E-state index contributed by atoms with van der Waals surface area (Å²) in [5.41, 5.74) is 2.73. The first-order valence-corrected chi connectivity index (χ1v) is 7.64. The van der Waals surface area contributed by atoms with Gasteiger partial charge in [-0.25, -0.2) is 0 Å². The lowest BCUT2D eigenvalue weighted by atomic mass is 9.82. The van der Waals surface area contributed by atoms with Gasteiger partial charge in [0.05, 0.1) is 12.1 Å². The molecular formula is C16H19N3O2. The van der Waals surface area contributed by atoms with E-state index >= 15 is 0 Å². The number of nitrogens with one attached hydrogen (secondary N) is 1. The predicted molar refractivity (Wildman–Crippen MR) is 76.9 cm³/mol. The molecule has 0 radical (unpaired) electrons. The number of β-amino-alcohol motifs (C(OH)–C–C–N with tert-alkyl or cyclic N) is 1. The summed E-state index contributed by atoms with van der Waals surface area (Å²) >= 11 is 0. The van der Waals surface area contributed by atoms with Crippen LogP contribution in [0.4, 0.5) is 0 Å². The molecule has 1 aliphatic carbocycles. The fraction of sp³-hybridized carbons (Fsp3) is 0.500. The smallest absolute Gasteiger partial charge is 0.243 e. The van der Waals surface area contributed by atoms with Crippen LogP contribution in [0.1, 0.15) is 54.1 Å². The van der Waals surface area contributed by atoms with Gasteiger partial charge in [0.1, 0.15) is 0 Å². The average Bonchev–Trinajstić information content (AvgIpc) is 3.15. The zero-order valence-corrected chi connectivity index (χ0v) is 11.8. The number of benzene rings is 1. The predicted octanol–water partition coefficient (Wildman–Crippen LogP) is 1.93. The van der Waals surface area contributed by atoms with Crippen molar-refractivity contribution in [1.29, 1.82) is 0 Å². The summed E-state index contributed by atoms with van der Waals surface area (Å²) in [4.78, 5) is 4.60. The third kappa shape index (κ3) is 2.36. The SMILES string of the molecule is O[C@H]1CN[C@H](c2nc(C3CCCc4ccccc43)no2)C1. The topological polar surface area (TPSA) is 71.2 Å². The molecule has 1 aliphatic heterocycles. The van der Waals surface area contributed by atoms with E-state index in [1.807, 2.05) is 0 Å². The summed E-state index contributed by atoms with van der Waals surface area (Å²) in [6, 6.07) is 8.52. The number of hydrogen-bond donors (Lipinski definition) is 2. The summed E-state index contributed by atoms with van der Waals surface area (Å²) < 4.78 is 5.43. The van der Waals surface area contributed by atoms with Gasteiger partial charge in [-0.15, -0.1) is 0 Å². The van der Waals surface area contributed by atoms with E-state index in [-0.39, 0.29) is 18.1 Å². The second-order valence-corrected chi connectivity index (χ2v) is 5.98. The molecule has 2 aliphatic rings. The summed E-state index contributed by atoms with van der Waals surface area (Å²) in [5.74, 6) is 1.61. The zero-order valence-electron chi connectivity index (χ0n) is 11.8. The highest BCUT2D eigenvalue weighted by molar-refractivity contribution is 5.36. The van der Waals surface area contributed by atoms with Gasteiger partial charge < -0.3 is 14.9 Å². The molecule has 0 amide bonds. The molecule has 5 heteroatoms. The number of hydrogen-bond acceptors (Lipinski definition) is 5. The molecule has 2 heterocycles. The molecule has 0 spiro atoms. The van der Waals surface area contributed by atoms with E-state index in [0.29, 0.717) is 18.9 Å². The maximum absolute atomic E-state index is 9.59. The molecule has 3 atom stereocenters. The van der Waals surface area contributed by atoms with Crippen molar-refractivity contribution in [3.63, 3.8) is 0 Å². The monoisotopic (exact) mass is 285 g/mol. The quantitative estimate of drug-likeness (QED) is 0.882. The molecule has 4 rings (SSSR count). The van der Waals surface area contributed by atoms with Gasteiger partial charge in [0, 0.05) is 12.5 Å². The van der Waals surface area contributed by atoms with Gasteiger partial charge in [0.15, 0.2) is 5.82 Å². The largest absolute Gasteiger partial charge is 0.392 e. The highest BCUT2D eigenvalue weighted by Crippen LogP contribution is 2.35. The van der Waals surface area contributed by atoms with Crippen LogP contribution >= 0.6 is 0 Å². The molecule has 0 saturated carbocycles. The Morgan fingerprint density at radius 3 is 3.05 bits per heavy atom. The van der Waals surface area contributed by atoms with E-state index in [9.17, 15) is 5.11 Å². The molecule has 2 aromatic rings. The molecule has 21 heavy (non-hydrogen) atoms. The van der Waals surface area contributed by atoms with E-state index in [2.05, 4.69) is 39.7 Å². The molecular weight excluding hydrogens is 266 g/mol. The number of rotatable bonds is 2. The zero-order chi connectivity index (χ0) is 14.2. The lowest BCUT2D eigenvalue weighted by Crippen LogP contribution is -2.15. The lowest BCUT2D eigenvalue weighted by molar-refractivity contribution is 0.191. The van der Waals surface area contributed by atoms with Crippen LogP contribution in [0.15, 0.2) is 28.8 Å². The first-order valence-electron chi connectivity index (χ1n) is 7.64. The van der Waals surface area contributed by atoms with Crippen molar-refractivity contribution in [2.24, 2.45) is 0 Å². The van der Waals surface area contributed by atoms with E-state index in [4.69, 9.17) is 4.52 Å². The van der Waals surface area contributed by atoms with E-state index in [1.165, 1.54) is 11.1 Å². The van der Waals surface area contributed by atoms with Crippen LogP contribution in [0.2, 0.25) is 0 Å². The maximum atomic E-state index is 9.59. The second kappa shape index (κ2) is 5.24. The van der Waals surface area contributed by atoms with Crippen LogP contribution in [0.25, 0.3) is 0 Å². The Hall–Kier alpha value is -1.72. The Bertz CT molecular complexity index is 640. The van der Waals surface area contributed by atoms with Gasteiger partial charge in [0.25, 0.3) is 0 Å². The van der Waals surface area contributed by atoms with Gasteiger partial charge in [-0.3, -0.25) is 0 Å². The van der Waals surface area contributed by atoms with Crippen molar-refractivity contribution in [3.05, 3.63) is 47.1 Å². The van der Waals surface area contributed by atoms with Gasteiger partial charge in [0.2, 0.25) is 5.89 Å². The van der Waals surface area contributed by atoms with Crippen LogP contribution in [0.5, 0.6) is 0 Å².